The summed E-state index contributed by atoms with van der Waals surface area (Å²) in [6, 6.07) is 10.4. The predicted octanol–water partition coefficient (Wildman–Crippen LogP) is 1.77. The van der Waals surface area contributed by atoms with E-state index in [1.807, 2.05) is 0 Å². The molecule has 1 saturated carbocycles. The number of furan rings is 1. The molecule has 0 bridgehead atoms. The second-order valence-electron chi connectivity index (χ2n) is 6.89. The van der Waals surface area contributed by atoms with Crippen molar-refractivity contribution in [3.63, 3.8) is 0 Å². The van der Waals surface area contributed by atoms with Crippen LogP contribution >= 0.6 is 0 Å². The smallest absolute Gasteiger partial charge is 0.289 e. The van der Waals surface area contributed by atoms with Crippen molar-refractivity contribution < 1.29 is 18.8 Å². The van der Waals surface area contributed by atoms with Crippen LogP contribution in [0.1, 0.15) is 44.1 Å². The van der Waals surface area contributed by atoms with Gasteiger partial charge in [-0.15, -0.1) is 0 Å². The normalized spacial score (nSPS) is 16.9. The highest BCUT2D eigenvalue weighted by Crippen LogP contribution is 2.20. The van der Waals surface area contributed by atoms with Gasteiger partial charge >= 0.3 is 0 Å². The third-order valence-electron chi connectivity index (χ3n) is 4.87. The van der Waals surface area contributed by atoms with Gasteiger partial charge < -0.3 is 19.5 Å². The number of nitrogens with one attached hydrogen (secondary N) is 1. The molecule has 1 aromatic heterocycles. The van der Waals surface area contributed by atoms with Crippen molar-refractivity contribution in [2.24, 2.45) is 0 Å². The van der Waals surface area contributed by atoms with Gasteiger partial charge in [-0.25, -0.2) is 0 Å². The third-order valence-corrected chi connectivity index (χ3v) is 4.87. The second kappa shape index (κ2) is 7.26. The Bertz CT molecular complexity index is 850. The number of hydrogen-bond acceptors (Lipinski definition) is 4. The van der Waals surface area contributed by atoms with Crippen LogP contribution in [0, 0.1) is 0 Å². The van der Waals surface area contributed by atoms with E-state index in [1.54, 1.807) is 46.2 Å². The molecule has 2 heterocycles. The molecule has 1 N–H and O–H groups in total. The van der Waals surface area contributed by atoms with Gasteiger partial charge in [0.25, 0.3) is 17.7 Å². The number of rotatable bonds is 4. The van der Waals surface area contributed by atoms with Crippen LogP contribution in [0.3, 0.4) is 0 Å². The number of amides is 3. The van der Waals surface area contributed by atoms with E-state index < -0.39 is 0 Å². The van der Waals surface area contributed by atoms with Crippen LogP contribution in [0.4, 0.5) is 0 Å². The highest BCUT2D eigenvalue weighted by molar-refractivity contribution is 6.00. The number of piperazine rings is 1. The van der Waals surface area contributed by atoms with Gasteiger partial charge in [0.15, 0.2) is 5.76 Å². The fourth-order valence-corrected chi connectivity index (χ4v) is 3.14. The van der Waals surface area contributed by atoms with E-state index >= 15 is 0 Å². The predicted molar refractivity (Wildman–Crippen MR) is 97.4 cm³/mol. The molecule has 3 amide bonds. The molecule has 0 atom stereocenters. The van der Waals surface area contributed by atoms with Crippen molar-refractivity contribution >= 4 is 17.7 Å². The molecule has 0 radical (unpaired) electrons. The summed E-state index contributed by atoms with van der Waals surface area (Å²) in [6.45, 7) is 1.80. The van der Waals surface area contributed by atoms with E-state index in [9.17, 15) is 14.4 Å². The van der Waals surface area contributed by atoms with E-state index in [0.29, 0.717) is 43.1 Å². The summed E-state index contributed by atoms with van der Waals surface area (Å²) in [5.41, 5.74) is 0.989. The Hall–Kier alpha value is -3.09. The summed E-state index contributed by atoms with van der Waals surface area (Å²) in [5.74, 6) is -0.114. The number of nitrogens with zero attached hydrogens (tertiary/aromatic N) is 2. The summed E-state index contributed by atoms with van der Waals surface area (Å²) in [7, 11) is 0. The van der Waals surface area contributed by atoms with Gasteiger partial charge in [0, 0.05) is 43.3 Å². The Kier molecular flexibility index (Phi) is 4.66. The molecule has 2 aliphatic rings. The molecule has 140 valence electrons. The first-order chi connectivity index (χ1) is 13.1. The van der Waals surface area contributed by atoms with Crippen LogP contribution in [0.5, 0.6) is 0 Å². The molecule has 2 fully saturated rings. The van der Waals surface area contributed by atoms with E-state index in [2.05, 4.69) is 5.32 Å². The molecule has 1 saturated heterocycles. The lowest BCUT2D eigenvalue weighted by atomic mass is 10.1. The number of hydrogen-bond donors (Lipinski definition) is 1. The fourth-order valence-electron chi connectivity index (χ4n) is 3.14. The molecule has 0 spiro atoms. The minimum absolute atomic E-state index is 0.124. The molecule has 1 aliphatic heterocycles. The van der Waals surface area contributed by atoms with Gasteiger partial charge in [0.2, 0.25) is 0 Å². The van der Waals surface area contributed by atoms with E-state index in [1.165, 1.54) is 6.26 Å². The maximum absolute atomic E-state index is 12.8. The summed E-state index contributed by atoms with van der Waals surface area (Å²) in [5, 5.41) is 2.93. The van der Waals surface area contributed by atoms with Crippen molar-refractivity contribution in [1.29, 1.82) is 0 Å². The minimum atomic E-state index is -0.161. The third kappa shape index (κ3) is 3.86. The van der Waals surface area contributed by atoms with E-state index in [0.717, 1.165) is 12.8 Å². The Balaban J connectivity index is 1.37. The lowest BCUT2D eigenvalue weighted by molar-refractivity contribution is 0.0518. The monoisotopic (exact) mass is 367 g/mol. The van der Waals surface area contributed by atoms with Gasteiger partial charge in [-0.1, -0.05) is 6.07 Å². The quantitative estimate of drug-likeness (QED) is 0.893. The van der Waals surface area contributed by atoms with Gasteiger partial charge in [0.05, 0.1) is 6.26 Å². The van der Waals surface area contributed by atoms with Crippen molar-refractivity contribution in [2.45, 2.75) is 18.9 Å². The van der Waals surface area contributed by atoms with Gasteiger partial charge in [-0.05, 0) is 43.2 Å². The molecule has 7 nitrogen and oxygen atoms in total. The van der Waals surface area contributed by atoms with Crippen molar-refractivity contribution in [1.82, 2.24) is 15.1 Å². The molecule has 1 aromatic carbocycles. The molecule has 2 aromatic rings. The number of carbonyl (C=O) groups is 3. The lowest BCUT2D eigenvalue weighted by Crippen LogP contribution is -2.50. The highest BCUT2D eigenvalue weighted by Gasteiger charge is 2.27. The molecule has 27 heavy (non-hydrogen) atoms. The first-order valence-electron chi connectivity index (χ1n) is 9.15. The molecule has 7 heteroatoms. The fraction of sp³-hybridized carbons (Fsp3) is 0.350. The zero-order valence-corrected chi connectivity index (χ0v) is 14.9. The van der Waals surface area contributed by atoms with Crippen LogP contribution < -0.4 is 5.32 Å². The Morgan fingerprint density at radius 3 is 2.19 bits per heavy atom. The number of benzene rings is 1. The van der Waals surface area contributed by atoms with Crippen LogP contribution in [0.2, 0.25) is 0 Å². The van der Waals surface area contributed by atoms with Crippen molar-refractivity contribution in [3.8, 4) is 0 Å². The van der Waals surface area contributed by atoms with Crippen LogP contribution in [0.25, 0.3) is 0 Å². The van der Waals surface area contributed by atoms with E-state index in [-0.39, 0.29) is 23.8 Å². The molecule has 1 aliphatic carbocycles. The zero-order chi connectivity index (χ0) is 18.8. The van der Waals surface area contributed by atoms with Crippen LogP contribution in [-0.4, -0.2) is 59.7 Å². The average molecular weight is 367 g/mol. The average Bonchev–Trinajstić information content (AvgIpc) is 3.35. The Morgan fingerprint density at radius 2 is 1.56 bits per heavy atom. The summed E-state index contributed by atoms with van der Waals surface area (Å²) >= 11 is 0. The maximum Gasteiger partial charge on any atom is 0.289 e. The molecular formula is C20H21N3O4. The van der Waals surface area contributed by atoms with Crippen molar-refractivity contribution in [2.75, 3.05) is 26.2 Å². The van der Waals surface area contributed by atoms with Crippen LogP contribution in [0.15, 0.2) is 47.1 Å². The molecular weight excluding hydrogens is 346 g/mol. The Morgan fingerprint density at radius 1 is 0.889 bits per heavy atom. The van der Waals surface area contributed by atoms with Crippen LogP contribution in [-0.2, 0) is 0 Å². The SMILES string of the molecule is O=C(NC1CC1)c1cccc(C(=O)N2CCN(C(=O)c3ccco3)CC2)c1. The topological polar surface area (TPSA) is 82.9 Å². The van der Waals surface area contributed by atoms with Gasteiger partial charge in [-0.2, -0.15) is 0 Å². The number of carbonyl (C=O) groups excluding carboxylic acids is 3. The zero-order valence-electron chi connectivity index (χ0n) is 14.9. The van der Waals surface area contributed by atoms with Gasteiger partial charge in [0.1, 0.15) is 0 Å². The molecule has 4 rings (SSSR count). The summed E-state index contributed by atoms with van der Waals surface area (Å²) in [4.78, 5) is 40.7. The molecule has 0 unspecified atom stereocenters. The maximum atomic E-state index is 12.8. The van der Waals surface area contributed by atoms with Gasteiger partial charge in [-0.3, -0.25) is 14.4 Å². The summed E-state index contributed by atoms with van der Waals surface area (Å²) in [6.07, 6.45) is 3.51. The summed E-state index contributed by atoms with van der Waals surface area (Å²) < 4.78 is 5.15. The highest BCUT2D eigenvalue weighted by atomic mass is 16.3. The second-order valence-corrected chi connectivity index (χ2v) is 6.89. The first-order valence-corrected chi connectivity index (χ1v) is 9.15. The Labute approximate surface area is 156 Å². The first kappa shape index (κ1) is 17.3. The minimum Gasteiger partial charge on any atom is -0.459 e. The largest absolute Gasteiger partial charge is 0.459 e. The lowest BCUT2D eigenvalue weighted by Gasteiger charge is -2.34. The van der Waals surface area contributed by atoms with E-state index in [4.69, 9.17) is 4.42 Å². The standard InChI is InChI=1S/C20H21N3O4/c24-18(21-16-6-7-16)14-3-1-4-15(13-14)19(25)22-8-10-23(11-9-22)20(26)17-5-2-12-27-17/h1-5,12-13,16H,6-11H2,(H,21,24). The van der Waals surface area contributed by atoms with Crippen molar-refractivity contribution in [3.05, 3.63) is 59.5 Å².